The van der Waals surface area contributed by atoms with Crippen LogP contribution < -0.4 is 5.32 Å². The van der Waals surface area contributed by atoms with Crippen molar-refractivity contribution < 1.29 is 53.9 Å². The molecule has 8 atom stereocenters. The Kier molecular flexibility index (Phi) is 9.58. The molecule has 0 heterocycles. The molecule has 0 radical (unpaired) electrons. The first-order valence-corrected chi connectivity index (χ1v) is 16.3. The van der Waals surface area contributed by atoms with Gasteiger partial charge in [0.1, 0.15) is 11.6 Å². The highest BCUT2D eigenvalue weighted by atomic mass is 16.5. The lowest BCUT2D eigenvalue weighted by molar-refractivity contribution is -0.184. The van der Waals surface area contributed by atoms with Gasteiger partial charge in [0.05, 0.1) is 19.6 Å². The summed E-state index contributed by atoms with van der Waals surface area (Å²) in [6, 6.07) is 2.85. The number of aliphatic hydroxyl groups is 2. The van der Waals surface area contributed by atoms with Crippen molar-refractivity contribution in [3.63, 3.8) is 0 Å². The van der Waals surface area contributed by atoms with Crippen LogP contribution in [0.4, 0.5) is 0 Å². The van der Waals surface area contributed by atoms with Crippen LogP contribution in [0.3, 0.4) is 0 Å². The lowest BCUT2D eigenvalue weighted by Gasteiger charge is -2.60. The second-order valence-electron chi connectivity index (χ2n) is 14.2. The molecule has 0 saturated heterocycles. The standard InChI is InChI=1S/C35H45NO11/c1-33-12-10-21(37)16-20(33)5-6-22-23-11-13-35(45,34(23,2)17-27(40)31(22)33)28(41)18-47-30(43)9-8-29(42)36-24(32(44)46-3)14-19-4-7-25(38)26(39)15-19/h4,7,15-16,22-24,27,31,38-40,45H,5-6,8-14,17-18H2,1-3H3,(H,36,42)/t22-,23-,24+,27+,31+,33-,34-,35-/m0/s1. The number of hydrogen-bond acceptors (Lipinski definition) is 11. The summed E-state index contributed by atoms with van der Waals surface area (Å²) >= 11 is 0. The lowest BCUT2D eigenvalue weighted by atomic mass is 9.45. The Morgan fingerprint density at radius 3 is 2.49 bits per heavy atom. The van der Waals surface area contributed by atoms with E-state index in [1.165, 1.54) is 18.2 Å². The van der Waals surface area contributed by atoms with E-state index in [1.54, 1.807) is 6.08 Å². The molecule has 12 nitrogen and oxygen atoms in total. The third kappa shape index (κ3) is 6.29. The molecule has 0 spiro atoms. The molecule has 5 rings (SSSR count). The number of ketones is 2. The topological polar surface area (TPSA) is 197 Å². The normalized spacial score (nSPS) is 33.4. The number of aromatic hydroxyl groups is 2. The van der Waals surface area contributed by atoms with Gasteiger partial charge in [-0.1, -0.05) is 25.5 Å². The van der Waals surface area contributed by atoms with E-state index in [0.717, 1.165) is 25.5 Å². The monoisotopic (exact) mass is 655 g/mol. The molecule has 4 aliphatic carbocycles. The Morgan fingerprint density at radius 1 is 1.04 bits per heavy atom. The Balaban J connectivity index is 1.16. The zero-order valence-electron chi connectivity index (χ0n) is 27.1. The van der Waals surface area contributed by atoms with Crippen molar-refractivity contribution in [2.75, 3.05) is 13.7 Å². The third-order valence-electron chi connectivity index (χ3n) is 11.7. The maximum Gasteiger partial charge on any atom is 0.328 e. The molecule has 47 heavy (non-hydrogen) atoms. The first kappa shape index (κ1) is 34.6. The van der Waals surface area contributed by atoms with E-state index in [9.17, 15) is 44.4 Å². The Morgan fingerprint density at radius 2 is 1.79 bits per heavy atom. The molecule has 0 aromatic heterocycles. The van der Waals surface area contributed by atoms with Crippen molar-refractivity contribution >= 4 is 29.4 Å². The third-order valence-corrected chi connectivity index (χ3v) is 11.7. The van der Waals surface area contributed by atoms with E-state index < -0.39 is 53.4 Å². The summed E-state index contributed by atoms with van der Waals surface area (Å²) in [4.78, 5) is 63.1. The van der Waals surface area contributed by atoms with E-state index in [4.69, 9.17) is 9.47 Å². The molecule has 4 aliphatic rings. The van der Waals surface area contributed by atoms with Crippen molar-refractivity contribution in [2.24, 2.45) is 28.6 Å². The van der Waals surface area contributed by atoms with Crippen LogP contribution in [0.25, 0.3) is 0 Å². The molecule has 0 bridgehead atoms. The minimum absolute atomic E-state index is 0.0199. The van der Waals surface area contributed by atoms with Crippen molar-refractivity contribution in [1.82, 2.24) is 5.32 Å². The van der Waals surface area contributed by atoms with Gasteiger partial charge in [-0.05, 0) is 85.5 Å². The van der Waals surface area contributed by atoms with Gasteiger partial charge in [-0.25, -0.2) is 4.79 Å². The summed E-state index contributed by atoms with van der Waals surface area (Å²) in [5.41, 5.74) is -1.47. The van der Waals surface area contributed by atoms with E-state index in [0.29, 0.717) is 24.8 Å². The highest BCUT2D eigenvalue weighted by Gasteiger charge is 2.68. The number of benzene rings is 1. The first-order chi connectivity index (χ1) is 22.1. The predicted molar refractivity (Wildman–Crippen MR) is 166 cm³/mol. The summed E-state index contributed by atoms with van der Waals surface area (Å²) in [5.74, 6) is -3.47. The summed E-state index contributed by atoms with van der Waals surface area (Å²) in [6.07, 6.45) is 3.87. The van der Waals surface area contributed by atoms with Gasteiger partial charge in [-0.15, -0.1) is 0 Å². The number of phenolic OH excluding ortho intramolecular Hbond substituents is 2. The zero-order valence-corrected chi connectivity index (χ0v) is 27.1. The molecule has 3 saturated carbocycles. The number of fused-ring (bicyclic) bond motifs is 5. The Hall–Kier alpha value is -3.77. The smallest absolute Gasteiger partial charge is 0.328 e. The first-order valence-electron chi connectivity index (χ1n) is 16.3. The number of nitrogens with one attached hydrogen (secondary N) is 1. The second-order valence-corrected chi connectivity index (χ2v) is 14.2. The molecule has 1 amide bonds. The number of rotatable bonds is 10. The van der Waals surface area contributed by atoms with E-state index >= 15 is 0 Å². The second kappa shape index (κ2) is 13.0. The average molecular weight is 656 g/mol. The summed E-state index contributed by atoms with van der Waals surface area (Å²) in [5, 5.41) is 45.1. The van der Waals surface area contributed by atoms with Crippen LogP contribution in [0, 0.1) is 28.6 Å². The molecule has 12 heteroatoms. The molecule has 1 aromatic rings. The van der Waals surface area contributed by atoms with Crippen LogP contribution in [-0.4, -0.2) is 81.3 Å². The summed E-state index contributed by atoms with van der Waals surface area (Å²) < 4.78 is 9.96. The Labute approximate surface area is 273 Å². The number of allylic oxidation sites excluding steroid dienone is 1. The number of hydrogen-bond donors (Lipinski definition) is 5. The van der Waals surface area contributed by atoms with E-state index in [1.807, 2.05) is 6.92 Å². The zero-order chi connectivity index (χ0) is 34.3. The largest absolute Gasteiger partial charge is 0.504 e. The predicted octanol–water partition coefficient (Wildman–Crippen LogP) is 2.42. The van der Waals surface area contributed by atoms with Gasteiger partial charge in [0.25, 0.3) is 0 Å². The fourth-order valence-electron chi connectivity index (χ4n) is 9.24. The number of carbonyl (C=O) groups excluding carboxylic acids is 5. The number of esters is 2. The van der Waals surface area contributed by atoms with Crippen LogP contribution in [0.2, 0.25) is 0 Å². The van der Waals surface area contributed by atoms with Gasteiger partial charge in [-0.3, -0.25) is 19.2 Å². The van der Waals surface area contributed by atoms with Crippen LogP contribution >= 0.6 is 0 Å². The van der Waals surface area contributed by atoms with Crippen molar-refractivity contribution in [3.8, 4) is 11.5 Å². The molecular weight excluding hydrogens is 610 g/mol. The molecule has 0 aliphatic heterocycles. The lowest BCUT2D eigenvalue weighted by Crippen LogP contribution is -2.62. The number of ether oxygens (including phenoxy) is 2. The fraction of sp³-hybridized carbons (Fsp3) is 0.629. The maximum absolute atomic E-state index is 13.5. The van der Waals surface area contributed by atoms with E-state index in [-0.39, 0.29) is 72.6 Å². The van der Waals surface area contributed by atoms with E-state index in [2.05, 4.69) is 12.2 Å². The minimum atomic E-state index is -1.79. The van der Waals surface area contributed by atoms with Gasteiger partial charge in [-0.2, -0.15) is 0 Å². The minimum Gasteiger partial charge on any atom is -0.504 e. The highest BCUT2D eigenvalue weighted by molar-refractivity contribution is 5.92. The number of methoxy groups -OCH3 is 1. The highest BCUT2D eigenvalue weighted by Crippen LogP contribution is 2.67. The molecular formula is C35H45NO11. The number of Topliss-reactive ketones (excluding diaryl/α,β-unsaturated/α-hetero) is 1. The number of amides is 1. The van der Waals surface area contributed by atoms with Crippen molar-refractivity contribution in [1.29, 1.82) is 0 Å². The number of aliphatic hydroxyl groups excluding tert-OH is 1. The van der Waals surface area contributed by atoms with Gasteiger partial charge in [0.15, 0.2) is 23.9 Å². The SMILES string of the molecule is COC(=O)[C@@H](Cc1ccc(O)c(O)c1)NC(=O)CCC(=O)OCC(=O)[C@@]1(O)CC[C@H]2[C@@H]3CCC4=CC(=O)CC[C@]4(C)[C@H]3[C@H](O)C[C@@]21C. The van der Waals surface area contributed by atoms with Crippen molar-refractivity contribution in [3.05, 3.63) is 35.4 Å². The average Bonchev–Trinajstić information content (AvgIpc) is 3.30. The molecule has 3 fully saturated rings. The number of phenols is 2. The fourth-order valence-corrected chi connectivity index (χ4v) is 9.24. The maximum atomic E-state index is 13.5. The van der Waals surface area contributed by atoms with Gasteiger partial charge in [0, 0.05) is 24.7 Å². The van der Waals surface area contributed by atoms with Crippen LogP contribution in [-0.2, 0) is 39.9 Å². The van der Waals surface area contributed by atoms with Crippen LogP contribution in [0.5, 0.6) is 11.5 Å². The summed E-state index contributed by atoms with van der Waals surface area (Å²) in [7, 11) is 1.15. The van der Waals surface area contributed by atoms with Crippen molar-refractivity contribution in [2.45, 2.75) is 95.8 Å². The number of carbonyl (C=O) groups is 5. The molecule has 0 unspecified atom stereocenters. The quantitative estimate of drug-likeness (QED) is 0.183. The van der Waals surface area contributed by atoms with Gasteiger partial charge < -0.3 is 35.2 Å². The van der Waals surface area contributed by atoms with Crippen LogP contribution in [0.1, 0.15) is 77.2 Å². The van der Waals surface area contributed by atoms with Gasteiger partial charge in [0.2, 0.25) is 11.7 Å². The molecule has 256 valence electrons. The van der Waals surface area contributed by atoms with Crippen LogP contribution in [0.15, 0.2) is 29.8 Å². The molecule has 5 N–H and O–H groups in total. The molecule has 1 aromatic carbocycles. The Bertz CT molecular complexity index is 1490. The summed E-state index contributed by atoms with van der Waals surface area (Å²) in [6.45, 7) is 3.31. The van der Waals surface area contributed by atoms with Gasteiger partial charge >= 0.3 is 11.9 Å².